The minimum atomic E-state index is -0.485. The second-order valence-corrected chi connectivity index (χ2v) is 8.18. The molecule has 0 N–H and O–H groups in total. The molecule has 0 saturated carbocycles. The van der Waals surface area contributed by atoms with E-state index in [-0.39, 0.29) is 5.78 Å². The van der Waals surface area contributed by atoms with Crippen molar-refractivity contribution >= 4 is 39.3 Å². The van der Waals surface area contributed by atoms with Gasteiger partial charge in [-0.2, -0.15) is 0 Å². The molecular weight excluding hydrogens is 424 g/mol. The van der Waals surface area contributed by atoms with E-state index in [2.05, 4.69) is 22.6 Å². The summed E-state index contributed by atoms with van der Waals surface area (Å²) in [7, 11) is 0. The van der Waals surface area contributed by atoms with Crippen molar-refractivity contribution in [1.82, 2.24) is 4.57 Å². The maximum Gasteiger partial charge on any atom is 0.331 e. The maximum atomic E-state index is 13.3. The zero-order valence-corrected chi connectivity index (χ0v) is 19.6. The number of ketones is 1. The number of aromatic nitrogens is 1. The lowest BCUT2D eigenvalue weighted by Crippen LogP contribution is -2.04. The van der Waals surface area contributed by atoms with Crippen LogP contribution in [0.3, 0.4) is 0 Å². The van der Waals surface area contributed by atoms with E-state index < -0.39 is 5.97 Å². The summed E-state index contributed by atoms with van der Waals surface area (Å²) in [6, 6.07) is 19.5. The Morgan fingerprint density at radius 1 is 1.00 bits per heavy atom. The highest BCUT2D eigenvalue weighted by Crippen LogP contribution is 2.32. The second kappa shape index (κ2) is 9.76. The summed E-state index contributed by atoms with van der Waals surface area (Å²) in [5.74, 6) is 2.13. The van der Waals surface area contributed by atoms with Crippen LogP contribution in [0.5, 0.6) is 0 Å². The molecule has 0 aliphatic rings. The van der Waals surface area contributed by atoms with Gasteiger partial charge in [0.1, 0.15) is 0 Å². The van der Waals surface area contributed by atoms with Crippen molar-refractivity contribution in [1.29, 1.82) is 0 Å². The number of hydrogen-bond acceptors (Lipinski definition) is 4. The highest BCUT2D eigenvalue weighted by Gasteiger charge is 2.17. The first kappa shape index (κ1) is 23.0. The zero-order chi connectivity index (χ0) is 24.2. The molecule has 4 aromatic rings. The third-order valence-corrected chi connectivity index (χ3v) is 5.96. The number of hydrogen-bond donors (Lipinski definition) is 0. The molecule has 4 rings (SSSR count). The molecule has 0 atom stereocenters. The molecule has 3 aromatic carbocycles. The fourth-order valence-electron chi connectivity index (χ4n) is 4.30. The van der Waals surface area contributed by atoms with Gasteiger partial charge in [0.05, 0.1) is 5.71 Å². The minimum absolute atomic E-state index is 0.000294. The number of nitrogens with zero attached hydrogens (tertiary/aromatic N) is 2. The van der Waals surface area contributed by atoms with Crippen LogP contribution in [0, 0.1) is 19.3 Å². The number of carbonyl (C=O) groups excluding carboxylic acids is 2. The van der Waals surface area contributed by atoms with Crippen molar-refractivity contribution in [2.24, 2.45) is 5.16 Å². The molecule has 0 unspecified atom stereocenters. The average molecular weight is 451 g/mol. The van der Waals surface area contributed by atoms with Gasteiger partial charge in [-0.25, -0.2) is 4.79 Å². The molecule has 0 fully saturated rings. The van der Waals surface area contributed by atoms with Crippen molar-refractivity contribution in [2.75, 3.05) is 0 Å². The molecule has 0 aliphatic carbocycles. The van der Waals surface area contributed by atoms with Crippen LogP contribution < -0.4 is 0 Å². The molecule has 0 bridgehead atoms. The molecule has 34 heavy (non-hydrogen) atoms. The van der Waals surface area contributed by atoms with E-state index in [1.165, 1.54) is 6.92 Å². The van der Waals surface area contributed by atoms with Crippen LogP contribution in [-0.2, 0) is 16.2 Å². The van der Waals surface area contributed by atoms with E-state index >= 15 is 0 Å². The van der Waals surface area contributed by atoms with Gasteiger partial charge in [-0.1, -0.05) is 35.5 Å². The van der Waals surface area contributed by atoms with Crippen molar-refractivity contribution in [2.45, 2.75) is 40.2 Å². The lowest BCUT2D eigenvalue weighted by molar-refractivity contribution is -0.140. The van der Waals surface area contributed by atoms with Gasteiger partial charge in [-0.05, 0) is 49.7 Å². The molecule has 5 nitrogen and oxygen atoms in total. The van der Waals surface area contributed by atoms with E-state index in [1.54, 1.807) is 0 Å². The second-order valence-electron chi connectivity index (χ2n) is 8.18. The average Bonchev–Trinajstić information content (AvgIpc) is 3.16. The van der Waals surface area contributed by atoms with Crippen molar-refractivity contribution in [3.8, 4) is 12.3 Å². The summed E-state index contributed by atoms with van der Waals surface area (Å²) in [6.07, 6.45) is 6.41. The van der Waals surface area contributed by atoms with E-state index in [9.17, 15) is 9.59 Å². The normalized spacial score (nSPS) is 11.5. The molecule has 1 heterocycles. The number of terminal acetylenes is 1. The molecule has 5 heteroatoms. The predicted octanol–water partition coefficient (Wildman–Crippen LogP) is 6.03. The van der Waals surface area contributed by atoms with E-state index in [0.29, 0.717) is 29.7 Å². The van der Waals surface area contributed by atoms with E-state index in [1.807, 2.05) is 67.6 Å². The van der Waals surface area contributed by atoms with Gasteiger partial charge in [-0.15, -0.1) is 12.3 Å². The molecular formula is C29H26N2O3. The summed E-state index contributed by atoms with van der Waals surface area (Å²) in [6.45, 7) is 6.14. The zero-order valence-electron chi connectivity index (χ0n) is 19.6. The number of rotatable bonds is 7. The Morgan fingerprint density at radius 3 is 2.26 bits per heavy atom. The fourth-order valence-corrected chi connectivity index (χ4v) is 4.30. The Labute approximate surface area is 199 Å². The van der Waals surface area contributed by atoms with Crippen LogP contribution in [0.2, 0.25) is 0 Å². The van der Waals surface area contributed by atoms with Gasteiger partial charge in [0.2, 0.25) is 0 Å². The fraction of sp³-hybridized carbons (Fsp3) is 0.207. The lowest BCUT2D eigenvalue weighted by atomic mass is 9.97. The highest BCUT2D eigenvalue weighted by molar-refractivity contribution is 6.16. The molecule has 0 radical (unpaired) electrons. The quantitative estimate of drug-likeness (QED) is 0.113. The summed E-state index contributed by atoms with van der Waals surface area (Å²) < 4.78 is 2.22. The van der Waals surface area contributed by atoms with Crippen LogP contribution in [0.4, 0.5) is 0 Å². The smallest absolute Gasteiger partial charge is 0.331 e. The van der Waals surface area contributed by atoms with Crippen molar-refractivity contribution < 1.29 is 14.4 Å². The first-order chi connectivity index (χ1) is 16.4. The van der Waals surface area contributed by atoms with Gasteiger partial charge in [0, 0.05) is 64.8 Å². The van der Waals surface area contributed by atoms with Crippen LogP contribution in [0.15, 0.2) is 65.8 Å². The summed E-state index contributed by atoms with van der Waals surface area (Å²) in [5.41, 5.74) is 5.85. The van der Waals surface area contributed by atoms with Gasteiger partial charge in [0.25, 0.3) is 0 Å². The van der Waals surface area contributed by atoms with Crippen molar-refractivity contribution in [3.05, 3.63) is 82.9 Å². The van der Waals surface area contributed by atoms with Crippen LogP contribution in [0.25, 0.3) is 21.8 Å². The maximum absolute atomic E-state index is 13.3. The Balaban J connectivity index is 1.88. The number of aryl methyl sites for hydroxylation is 2. The SMILES string of the molecule is C#CCC/C(=N\OC(C)=O)c1ccc2c(c1)c1cc(C(=O)c3ccccc3C)ccc1n2CC. The predicted molar refractivity (Wildman–Crippen MR) is 136 cm³/mol. The lowest BCUT2D eigenvalue weighted by Gasteiger charge is -2.06. The number of oxime groups is 1. The van der Waals surface area contributed by atoms with Gasteiger partial charge >= 0.3 is 5.97 Å². The summed E-state index contributed by atoms with van der Waals surface area (Å²) in [4.78, 5) is 29.5. The Bertz CT molecular complexity index is 1480. The first-order valence-electron chi connectivity index (χ1n) is 11.3. The molecule has 170 valence electrons. The molecule has 1 aromatic heterocycles. The number of carbonyl (C=O) groups is 2. The molecule has 0 spiro atoms. The Morgan fingerprint density at radius 2 is 1.65 bits per heavy atom. The third-order valence-electron chi connectivity index (χ3n) is 5.96. The molecule has 0 amide bonds. The Hall–Kier alpha value is -4.17. The van der Waals surface area contributed by atoms with Crippen LogP contribution in [0.1, 0.15) is 53.7 Å². The van der Waals surface area contributed by atoms with Crippen molar-refractivity contribution in [3.63, 3.8) is 0 Å². The Kier molecular flexibility index (Phi) is 6.60. The third kappa shape index (κ3) is 4.35. The topological polar surface area (TPSA) is 60.7 Å². The van der Waals surface area contributed by atoms with Crippen LogP contribution >= 0.6 is 0 Å². The van der Waals surface area contributed by atoms with Gasteiger partial charge in [0.15, 0.2) is 5.78 Å². The number of fused-ring (bicyclic) bond motifs is 3. The highest BCUT2D eigenvalue weighted by atomic mass is 16.7. The number of benzene rings is 3. The first-order valence-corrected chi connectivity index (χ1v) is 11.3. The van der Waals surface area contributed by atoms with E-state index in [0.717, 1.165) is 39.5 Å². The van der Waals surface area contributed by atoms with Crippen LogP contribution in [-0.4, -0.2) is 22.0 Å². The van der Waals surface area contributed by atoms with Gasteiger partial charge < -0.3 is 9.40 Å². The largest absolute Gasteiger partial charge is 0.341 e. The summed E-state index contributed by atoms with van der Waals surface area (Å²) in [5, 5.41) is 6.04. The summed E-state index contributed by atoms with van der Waals surface area (Å²) >= 11 is 0. The van der Waals surface area contributed by atoms with E-state index in [4.69, 9.17) is 11.3 Å². The standard InChI is InChI=1S/C29H26N2O3/c1-5-7-12-26(30-34-20(4)32)21-13-15-27-24(17-21)25-18-22(14-16-28(25)31(27)6-2)29(33)23-11-9-8-10-19(23)3/h1,8-11,13-18H,6-7,12H2,2-4H3/b30-26+. The van der Waals surface area contributed by atoms with Gasteiger partial charge in [-0.3, -0.25) is 4.79 Å². The molecule has 0 aliphatic heterocycles. The monoisotopic (exact) mass is 450 g/mol. The molecule has 0 saturated heterocycles. The minimum Gasteiger partial charge on any atom is -0.341 e.